The van der Waals surface area contributed by atoms with Gasteiger partial charge in [-0.3, -0.25) is 20.4 Å². The molecule has 0 aliphatic carbocycles. The molecule has 0 aliphatic rings. The van der Waals surface area contributed by atoms with Crippen LogP contribution >= 0.6 is 11.6 Å². The molecule has 9 heteroatoms. The summed E-state index contributed by atoms with van der Waals surface area (Å²) in [5.41, 5.74) is 5.14. The summed E-state index contributed by atoms with van der Waals surface area (Å²) >= 11 is 5.74. The third-order valence-electron chi connectivity index (χ3n) is 2.94. The van der Waals surface area contributed by atoms with Crippen LogP contribution in [0.1, 0.15) is 15.9 Å². The minimum absolute atomic E-state index is 0.0236. The highest BCUT2D eigenvalue weighted by atomic mass is 35.5. The number of benzene rings is 2. The minimum atomic E-state index is -4.81. The lowest BCUT2D eigenvalue weighted by molar-refractivity contribution is -0.274. The largest absolute Gasteiger partial charge is 0.573 e. The molecule has 2 rings (SSSR count). The smallest absolute Gasteiger partial charge is 0.406 e. The lowest BCUT2D eigenvalue weighted by Crippen LogP contribution is -2.42. The summed E-state index contributed by atoms with van der Waals surface area (Å²) in [6.45, 7) is 0. The van der Waals surface area contributed by atoms with Gasteiger partial charge in [-0.05, 0) is 42.0 Å². The van der Waals surface area contributed by atoms with Gasteiger partial charge in [-0.2, -0.15) is 0 Å². The number of hydrogen-bond donors (Lipinski definition) is 2. The van der Waals surface area contributed by atoms with Gasteiger partial charge in [0.05, 0.1) is 6.42 Å². The summed E-state index contributed by atoms with van der Waals surface area (Å²) in [6, 6.07) is 10.9. The lowest BCUT2D eigenvalue weighted by Gasteiger charge is -2.10. The average Bonchev–Trinajstić information content (AvgIpc) is 2.54. The van der Waals surface area contributed by atoms with Gasteiger partial charge in [0.15, 0.2) is 0 Å². The van der Waals surface area contributed by atoms with Crippen LogP contribution in [0.25, 0.3) is 0 Å². The van der Waals surface area contributed by atoms with Crippen molar-refractivity contribution in [3.63, 3.8) is 0 Å². The highest BCUT2D eigenvalue weighted by molar-refractivity contribution is 6.30. The predicted octanol–water partition coefficient (Wildman–Crippen LogP) is 3.24. The molecule has 132 valence electrons. The van der Waals surface area contributed by atoms with Crippen molar-refractivity contribution in [2.75, 3.05) is 0 Å². The van der Waals surface area contributed by atoms with Gasteiger partial charge in [-0.25, -0.2) is 0 Å². The topological polar surface area (TPSA) is 67.4 Å². The Kier molecular flexibility index (Phi) is 5.87. The van der Waals surface area contributed by atoms with E-state index in [0.717, 1.165) is 24.3 Å². The molecular weight excluding hydrogens is 361 g/mol. The van der Waals surface area contributed by atoms with E-state index in [1.165, 1.54) is 0 Å². The number of carbonyl (C=O) groups excluding carboxylic acids is 2. The first kappa shape index (κ1) is 18.6. The van der Waals surface area contributed by atoms with Crippen molar-refractivity contribution < 1.29 is 27.5 Å². The third kappa shape index (κ3) is 6.34. The number of ether oxygens (including phenoxy) is 1. The number of hydrogen-bond acceptors (Lipinski definition) is 3. The van der Waals surface area contributed by atoms with Crippen molar-refractivity contribution >= 4 is 23.4 Å². The Morgan fingerprint density at radius 1 is 0.960 bits per heavy atom. The summed E-state index contributed by atoms with van der Waals surface area (Å²) in [4.78, 5) is 23.6. The van der Waals surface area contributed by atoms with Crippen molar-refractivity contribution in [3.8, 4) is 5.75 Å². The van der Waals surface area contributed by atoms with E-state index in [9.17, 15) is 22.8 Å². The molecule has 0 spiro atoms. The molecule has 0 fully saturated rings. The minimum Gasteiger partial charge on any atom is -0.406 e. The van der Waals surface area contributed by atoms with Crippen molar-refractivity contribution in [1.82, 2.24) is 10.9 Å². The molecule has 2 N–H and O–H groups in total. The van der Waals surface area contributed by atoms with Crippen LogP contribution in [-0.4, -0.2) is 18.2 Å². The molecule has 2 aromatic carbocycles. The zero-order chi connectivity index (χ0) is 18.4. The molecule has 0 atom stereocenters. The summed E-state index contributed by atoms with van der Waals surface area (Å²) in [5, 5.41) is 0.537. The number of amides is 2. The molecule has 0 bridgehead atoms. The number of halogens is 4. The highest BCUT2D eigenvalue weighted by Gasteiger charge is 2.31. The van der Waals surface area contributed by atoms with Gasteiger partial charge in [0.25, 0.3) is 5.91 Å². The fourth-order valence-corrected chi connectivity index (χ4v) is 1.96. The summed E-state index contributed by atoms with van der Waals surface area (Å²) in [7, 11) is 0. The van der Waals surface area contributed by atoms with Crippen molar-refractivity contribution in [2.45, 2.75) is 12.8 Å². The SMILES string of the molecule is O=C(Cc1ccc(Cl)cc1)NNC(=O)c1ccc(OC(F)(F)F)cc1. The second-order valence-electron chi connectivity index (χ2n) is 4.88. The summed E-state index contributed by atoms with van der Waals surface area (Å²) in [6.07, 6.45) is -4.78. The van der Waals surface area contributed by atoms with Gasteiger partial charge in [0.1, 0.15) is 5.75 Å². The Bertz CT molecular complexity index is 747. The third-order valence-corrected chi connectivity index (χ3v) is 3.20. The number of carbonyl (C=O) groups is 2. The molecule has 0 unspecified atom stereocenters. The van der Waals surface area contributed by atoms with Crippen LogP contribution in [0, 0.1) is 0 Å². The van der Waals surface area contributed by atoms with Gasteiger partial charge < -0.3 is 4.74 Å². The second kappa shape index (κ2) is 7.89. The number of hydrazine groups is 1. The molecule has 5 nitrogen and oxygen atoms in total. The molecule has 0 heterocycles. The first-order valence-electron chi connectivity index (χ1n) is 6.92. The number of rotatable bonds is 4. The fourth-order valence-electron chi connectivity index (χ4n) is 1.84. The Hall–Kier alpha value is -2.74. The average molecular weight is 373 g/mol. The Morgan fingerprint density at radius 2 is 1.56 bits per heavy atom. The normalized spacial score (nSPS) is 10.9. The maximum atomic E-state index is 12.1. The molecule has 0 aromatic heterocycles. The Balaban J connectivity index is 1.85. The van der Waals surface area contributed by atoms with Gasteiger partial charge in [-0.15, -0.1) is 13.2 Å². The van der Waals surface area contributed by atoms with E-state index in [0.29, 0.717) is 10.6 Å². The van der Waals surface area contributed by atoms with Crippen molar-refractivity contribution in [3.05, 3.63) is 64.7 Å². The van der Waals surface area contributed by atoms with Crippen LogP contribution in [-0.2, 0) is 11.2 Å². The Morgan fingerprint density at radius 3 is 2.12 bits per heavy atom. The van der Waals surface area contributed by atoms with Crippen molar-refractivity contribution in [2.24, 2.45) is 0 Å². The fraction of sp³-hybridized carbons (Fsp3) is 0.125. The molecule has 0 saturated heterocycles. The molecule has 2 aromatic rings. The zero-order valence-electron chi connectivity index (χ0n) is 12.6. The lowest BCUT2D eigenvalue weighted by atomic mass is 10.1. The first-order valence-corrected chi connectivity index (χ1v) is 7.30. The first-order chi connectivity index (χ1) is 11.7. The van der Waals surface area contributed by atoms with Crippen LogP contribution < -0.4 is 15.6 Å². The Labute approximate surface area is 145 Å². The van der Waals surface area contributed by atoms with E-state index in [4.69, 9.17) is 11.6 Å². The zero-order valence-corrected chi connectivity index (χ0v) is 13.3. The predicted molar refractivity (Wildman–Crippen MR) is 83.9 cm³/mol. The molecule has 0 radical (unpaired) electrons. The maximum absolute atomic E-state index is 12.1. The van der Waals surface area contributed by atoms with Crippen LogP contribution in [0.2, 0.25) is 5.02 Å². The van der Waals surface area contributed by atoms with E-state index in [1.807, 2.05) is 0 Å². The van der Waals surface area contributed by atoms with Gasteiger partial charge >= 0.3 is 6.36 Å². The van der Waals surface area contributed by atoms with Crippen LogP contribution in [0.3, 0.4) is 0 Å². The highest BCUT2D eigenvalue weighted by Crippen LogP contribution is 2.22. The van der Waals surface area contributed by atoms with E-state index in [-0.39, 0.29) is 12.0 Å². The summed E-state index contributed by atoms with van der Waals surface area (Å²) < 4.78 is 39.9. The summed E-state index contributed by atoms with van der Waals surface area (Å²) in [5.74, 6) is -1.59. The van der Waals surface area contributed by atoms with Gasteiger partial charge in [0.2, 0.25) is 5.91 Å². The quantitative estimate of drug-likeness (QED) is 0.810. The van der Waals surface area contributed by atoms with Crippen molar-refractivity contribution in [1.29, 1.82) is 0 Å². The standard InChI is InChI=1S/C16H12ClF3N2O3/c17-12-5-1-10(2-6-12)9-14(23)21-22-15(24)11-3-7-13(8-4-11)25-16(18,19)20/h1-8H,9H2,(H,21,23)(H,22,24). The van der Waals surface area contributed by atoms with Gasteiger partial charge in [0, 0.05) is 10.6 Å². The number of alkyl halides is 3. The van der Waals surface area contributed by atoms with Crippen LogP contribution in [0.5, 0.6) is 5.75 Å². The van der Waals surface area contributed by atoms with Crippen LogP contribution in [0.15, 0.2) is 48.5 Å². The molecule has 2 amide bonds. The van der Waals surface area contributed by atoms with Gasteiger partial charge in [-0.1, -0.05) is 23.7 Å². The molecule has 0 saturated carbocycles. The van der Waals surface area contributed by atoms with E-state index < -0.39 is 23.9 Å². The molecule has 0 aliphatic heterocycles. The number of nitrogens with one attached hydrogen (secondary N) is 2. The van der Waals surface area contributed by atoms with E-state index in [1.54, 1.807) is 24.3 Å². The molecule has 25 heavy (non-hydrogen) atoms. The second-order valence-corrected chi connectivity index (χ2v) is 5.31. The van der Waals surface area contributed by atoms with E-state index in [2.05, 4.69) is 15.6 Å². The maximum Gasteiger partial charge on any atom is 0.573 e. The van der Waals surface area contributed by atoms with E-state index >= 15 is 0 Å². The molecular formula is C16H12ClF3N2O3. The monoisotopic (exact) mass is 372 g/mol. The van der Waals surface area contributed by atoms with Crippen LogP contribution in [0.4, 0.5) is 13.2 Å².